The summed E-state index contributed by atoms with van der Waals surface area (Å²) in [5, 5.41) is 4.37. The van der Waals surface area contributed by atoms with Gasteiger partial charge in [0.1, 0.15) is 12.3 Å². The number of esters is 1. The second kappa shape index (κ2) is 10.6. The van der Waals surface area contributed by atoms with E-state index < -0.39 is 0 Å². The van der Waals surface area contributed by atoms with E-state index in [0.29, 0.717) is 18.9 Å². The van der Waals surface area contributed by atoms with E-state index in [1.807, 2.05) is 55.5 Å². The van der Waals surface area contributed by atoms with Gasteiger partial charge in [-0.3, -0.25) is 14.7 Å². The third-order valence-electron chi connectivity index (χ3n) is 4.73. The van der Waals surface area contributed by atoms with Crippen molar-refractivity contribution >= 4 is 11.7 Å². The van der Waals surface area contributed by atoms with Crippen LogP contribution in [0.15, 0.2) is 59.9 Å². The van der Waals surface area contributed by atoms with E-state index in [1.54, 1.807) is 6.20 Å². The van der Waals surface area contributed by atoms with E-state index in [1.165, 1.54) is 0 Å². The fourth-order valence-corrected chi connectivity index (χ4v) is 3.34. The number of likely N-dealkylation sites (tertiary alicyclic amines) is 1. The van der Waals surface area contributed by atoms with Crippen LogP contribution in [0.25, 0.3) is 0 Å². The average Bonchev–Trinajstić information content (AvgIpc) is 2.75. The van der Waals surface area contributed by atoms with Gasteiger partial charge in [-0.1, -0.05) is 41.6 Å². The molecule has 28 heavy (non-hydrogen) atoms. The molecule has 1 aliphatic rings. The van der Waals surface area contributed by atoms with Crippen LogP contribution in [-0.4, -0.2) is 54.4 Å². The Kier molecular flexibility index (Phi) is 7.55. The first-order valence-electron chi connectivity index (χ1n) is 9.83. The molecule has 1 saturated heterocycles. The van der Waals surface area contributed by atoms with E-state index >= 15 is 0 Å². The summed E-state index contributed by atoms with van der Waals surface area (Å²) < 4.78 is 5.16. The molecular formula is C22H27N3O3. The van der Waals surface area contributed by atoms with Gasteiger partial charge in [0.15, 0.2) is 0 Å². The summed E-state index contributed by atoms with van der Waals surface area (Å²) in [5.74, 6) is -0.127. The van der Waals surface area contributed by atoms with Gasteiger partial charge in [-0.25, -0.2) is 0 Å². The van der Waals surface area contributed by atoms with Crippen molar-refractivity contribution in [2.45, 2.75) is 19.8 Å². The Balaban J connectivity index is 1.58. The molecule has 0 amide bonds. The number of pyridine rings is 1. The lowest BCUT2D eigenvalue weighted by Crippen LogP contribution is -2.40. The minimum atomic E-state index is -0.0901. The fourth-order valence-electron chi connectivity index (χ4n) is 3.34. The molecule has 0 bridgehead atoms. The second-order valence-corrected chi connectivity index (χ2v) is 6.75. The van der Waals surface area contributed by atoms with Crippen molar-refractivity contribution in [2.75, 3.05) is 32.8 Å². The summed E-state index contributed by atoms with van der Waals surface area (Å²) in [6.07, 6.45) is 3.64. The third-order valence-corrected chi connectivity index (χ3v) is 4.73. The van der Waals surface area contributed by atoms with E-state index in [-0.39, 0.29) is 11.9 Å². The number of oxime groups is 1. The molecular weight excluding hydrogens is 354 g/mol. The maximum Gasteiger partial charge on any atom is 0.310 e. The monoisotopic (exact) mass is 381 g/mol. The molecule has 6 nitrogen and oxygen atoms in total. The normalized spacial score (nSPS) is 17.9. The van der Waals surface area contributed by atoms with Gasteiger partial charge in [0, 0.05) is 24.8 Å². The van der Waals surface area contributed by atoms with Gasteiger partial charge < -0.3 is 9.57 Å². The number of nitrogens with zero attached hydrogens (tertiary/aromatic N) is 3. The number of aromatic nitrogens is 1. The Morgan fingerprint density at radius 3 is 2.79 bits per heavy atom. The van der Waals surface area contributed by atoms with E-state index in [2.05, 4.69) is 15.0 Å². The highest BCUT2D eigenvalue weighted by Gasteiger charge is 2.26. The number of carbonyl (C=O) groups excluding carboxylic acids is 1. The number of ether oxygens (including phenoxy) is 1. The molecule has 1 aromatic carbocycles. The van der Waals surface area contributed by atoms with Crippen molar-refractivity contribution in [3.8, 4) is 0 Å². The quantitative estimate of drug-likeness (QED) is 0.304. The van der Waals surface area contributed by atoms with Crippen molar-refractivity contribution in [1.29, 1.82) is 0 Å². The van der Waals surface area contributed by atoms with Gasteiger partial charge in [0.25, 0.3) is 0 Å². The summed E-state index contributed by atoms with van der Waals surface area (Å²) in [6.45, 7) is 5.15. The Morgan fingerprint density at radius 1 is 1.21 bits per heavy atom. The number of carbonyl (C=O) groups is 1. The zero-order valence-electron chi connectivity index (χ0n) is 16.3. The molecule has 2 aromatic rings. The minimum Gasteiger partial charge on any atom is -0.466 e. The summed E-state index contributed by atoms with van der Waals surface area (Å²) in [6, 6.07) is 15.6. The maximum absolute atomic E-state index is 12.0. The zero-order chi connectivity index (χ0) is 19.6. The lowest BCUT2D eigenvalue weighted by molar-refractivity contribution is -0.150. The van der Waals surface area contributed by atoms with Crippen LogP contribution in [0.2, 0.25) is 0 Å². The van der Waals surface area contributed by atoms with Crippen molar-refractivity contribution in [1.82, 2.24) is 9.88 Å². The number of piperidine rings is 1. The van der Waals surface area contributed by atoms with Crippen molar-refractivity contribution < 1.29 is 14.4 Å². The molecule has 1 atom stereocenters. The molecule has 2 heterocycles. The SMILES string of the molecule is CCOC(=O)C1CCCN(CCO/N=C(/c2ccccc2)c2ccccn2)C1. The molecule has 1 aliphatic heterocycles. The molecule has 0 N–H and O–H groups in total. The molecule has 148 valence electrons. The van der Waals surface area contributed by atoms with Crippen LogP contribution in [0, 0.1) is 5.92 Å². The number of benzene rings is 1. The molecule has 0 aliphatic carbocycles. The lowest BCUT2D eigenvalue weighted by Gasteiger charge is -2.30. The summed E-state index contributed by atoms with van der Waals surface area (Å²) in [5.41, 5.74) is 2.44. The summed E-state index contributed by atoms with van der Waals surface area (Å²) in [4.78, 5) is 24.2. The molecule has 0 radical (unpaired) electrons. The van der Waals surface area contributed by atoms with Gasteiger partial charge in [-0.15, -0.1) is 0 Å². The zero-order valence-corrected chi connectivity index (χ0v) is 16.3. The van der Waals surface area contributed by atoms with Gasteiger partial charge in [-0.05, 0) is 38.4 Å². The maximum atomic E-state index is 12.0. The Labute approximate surface area is 166 Å². The van der Waals surface area contributed by atoms with Crippen LogP contribution in [0.3, 0.4) is 0 Å². The van der Waals surface area contributed by atoms with E-state index in [9.17, 15) is 4.79 Å². The highest BCUT2D eigenvalue weighted by molar-refractivity contribution is 6.11. The molecule has 1 unspecified atom stereocenters. The first-order valence-corrected chi connectivity index (χ1v) is 9.83. The molecule has 1 fully saturated rings. The number of rotatable bonds is 8. The van der Waals surface area contributed by atoms with E-state index in [4.69, 9.17) is 9.57 Å². The first-order chi connectivity index (χ1) is 13.8. The Bertz CT molecular complexity index is 724. The van der Waals surface area contributed by atoms with Crippen LogP contribution in [0.4, 0.5) is 0 Å². The lowest BCUT2D eigenvalue weighted by atomic mass is 9.98. The average molecular weight is 381 g/mol. The van der Waals surface area contributed by atoms with Gasteiger partial charge in [-0.2, -0.15) is 0 Å². The smallest absolute Gasteiger partial charge is 0.310 e. The van der Waals surface area contributed by atoms with Crippen LogP contribution >= 0.6 is 0 Å². The standard InChI is InChI=1S/C22H27N3O3/c1-2-27-22(26)19-11-8-14-25(17-19)15-16-28-24-21(18-9-4-3-5-10-18)20-12-6-7-13-23-20/h3-7,9-10,12-13,19H,2,8,11,14-17H2,1H3/b24-21-. The van der Waals surface area contributed by atoms with E-state index in [0.717, 1.165) is 43.7 Å². The second-order valence-electron chi connectivity index (χ2n) is 6.75. The number of hydrogen-bond acceptors (Lipinski definition) is 6. The van der Waals surface area contributed by atoms with Gasteiger partial charge in [0.2, 0.25) is 0 Å². The van der Waals surface area contributed by atoms with Crippen LogP contribution in [0.5, 0.6) is 0 Å². The van der Waals surface area contributed by atoms with Crippen molar-refractivity contribution in [3.63, 3.8) is 0 Å². The van der Waals surface area contributed by atoms with Gasteiger partial charge >= 0.3 is 5.97 Å². The number of hydrogen-bond donors (Lipinski definition) is 0. The first kappa shape index (κ1) is 20.0. The van der Waals surface area contributed by atoms with Crippen LogP contribution in [-0.2, 0) is 14.4 Å². The third kappa shape index (κ3) is 5.63. The topological polar surface area (TPSA) is 64.0 Å². The van der Waals surface area contributed by atoms with Crippen molar-refractivity contribution in [2.24, 2.45) is 11.1 Å². The predicted molar refractivity (Wildman–Crippen MR) is 108 cm³/mol. The highest BCUT2D eigenvalue weighted by Crippen LogP contribution is 2.17. The van der Waals surface area contributed by atoms with Gasteiger partial charge in [0.05, 0.1) is 18.2 Å². The highest BCUT2D eigenvalue weighted by atomic mass is 16.6. The van der Waals surface area contributed by atoms with Crippen LogP contribution < -0.4 is 0 Å². The minimum absolute atomic E-state index is 0.0365. The molecule has 0 spiro atoms. The molecule has 6 heteroatoms. The summed E-state index contributed by atoms with van der Waals surface area (Å²) >= 11 is 0. The fraction of sp³-hybridized carbons (Fsp3) is 0.409. The molecule has 0 saturated carbocycles. The summed E-state index contributed by atoms with van der Waals surface area (Å²) in [7, 11) is 0. The largest absolute Gasteiger partial charge is 0.466 e. The van der Waals surface area contributed by atoms with Crippen molar-refractivity contribution in [3.05, 3.63) is 66.0 Å². The van der Waals surface area contributed by atoms with Crippen LogP contribution in [0.1, 0.15) is 31.0 Å². The molecule has 3 rings (SSSR count). The molecule has 1 aromatic heterocycles. The Hall–Kier alpha value is -2.73. The predicted octanol–water partition coefficient (Wildman–Crippen LogP) is 3.13. The Morgan fingerprint density at radius 2 is 2.04 bits per heavy atom.